The minimum Gasteiger partial charge on any atom is -0.305 e. The van der Waals surface area contributed by atoms with Gasteiger partial charge in [0.2, 0.25) is 0 Å². The second-order valence-electron chi connectivity index (χ2n) is 12.7. The first-order chi connectivity index (χ1) is 20.3. The first kappa shape index (κ1) is 32.7. The number of benzene rings is 3. The first-order valence-corrected chi connectivity index (χ1v) is 18.8. The number of pyridine rings is 2. The van der Waals surface area contributed by atoms with E-state index in [1.807, 2.05) is 30.5 Å². The molecule has 1 saturated carbocycles. The summed E-state index contributed by atoms with van der Waals surface area (Å²) < 4.78 is 0. The van der Waals surface area contributed by atoms with Crippen LogP contribution in [-0.2, 0) is 26.5 Å². The van der Waals surface area contributed by atoms with Crippen LogP contribution in [0.3, 0.4) is 0 Å². The number of aryl methyl sites for hydroxylation is 2. The quantitative estimate of drug-likeness (QED) is 0.127. The van der Waals surface area contributed by atoms with Crippen LogP contribution in [0.25, 0.3) is 33.6 Å². The van der Waals surface area contributed by atoms with E-state index in [1.165, 1.54) is 48.8 Å². The maximum absolute atomic E-state index is 4.75. The standard InChI is InChI=1S/C20H26NSi.C19H16N.Ir/c1-22(2,3)20-15-21-19(17-11-5-4-6-12-17)14-18(20)13-16-9-7-8-10-16;1-14-10-15(2)12-18(11-14)19-13-17(8-9-20-19)16-6-4-3-5-7-16;/h4-6,11,14-16H,7-10,13H2,1-3H3;3-11,13H,1-2H3;/q2*-1;. The fourth-order valence-corrected chi connectivity index (χ4v) is 7.58. The summed E-state index contributed by atoms with van der Waals surface area (Å²) in [5.74, 6) is 0.880. The predicted octanol–water partition coefficient (Wildman–Crippen LogP) is 9.66. The van der Waals surface area contributed by atoms with Gasteiger partial charge in [-0.3, -0.25) is 0 Å². The number of hydrogen-bond acceptors (Lipinski definition) is 2. The molecule has 1 radical (unpaired) electrons. The molecule has 2 heterocycles. The van der Waals surface area contributed by atoms with Gasteiger partial charge in [0, 0.05) is 32.5 Å². The van der Waals surface area contributed by atoms with Crippen LogP contribution in [0, 0.1) is 31.9 Å². The van der Waals surface area contributed by atoms with Crippen molar-refractivity contribution in [1.29, 1.82) is 0 Å². The Kier molecular flexibility index (Phi) is 11.4. The van der Waals surface area contributed by atoms with Gasteiger partial charge in [0.1, 0.15) is 0 Å². The van der Waals surface area contributed by atoms with Crippen LogP contribution >= 0.6 is 0 Å². The summed E-state index contributed by atoms with van der Waals surface area (Å²) in [6.45, 7) is 11.5. The predicted molar refractivity (Wildman–Crippen MR) is 181 cm³/mol. The summed E-state index contributed by atoms with van der Waals surface area (Å²) in [5.41, 5.74) is 10.5. The average Bonchev–Trinajstić information content (AvgIpc) is 3.50. The van der Waals surface area contributed by atoms with Gasteiger partial charge in [-0.2, -0.15) is 0 Å². The van der Waals surface area contributed by atoms with E-state index >= 15 is 0 Å². The molecule has 0 unspecified atom stereocenters. The molecule has 0 atom stereocenters. The fourth-order valence-electron chi connectivity index (χ4n) is 5.99. The van der Waals surface area contributed by atoms with Crippen molar-refractivity contribution >= 4 is 13.3 Å². The molecule has 3 aromatic carbocycles. The zero-order valence-electron chi connectivity index (χ0n) is 26.1. The van der Waals surface area contributed by atoms with E-state index in [1.54, 1.807) is 10.8 Å². The van der Waals surface area contributed by atoms with Crippen LogP contribution in [-0.4, -0.2) is 18.0 Å². The fraction of sp³-hybridized carbons (Fsp3) is 0.282. The zero-order chi connectivity index (χ0) is 29.5. The van der Waals surface area contributed by atoms with Gasteiger partial charge in [-0.15, -0.1) is 70.8 Å². The van der Waals surface area contributed by atoms with Crippen LogP contribution in [0.1, 0.15) is 42.4 Å². The number of nitrogens with zero attached hydrogens (tertiary/aromatic N) is 2. The molecule has 43 heavy (non-hydrogen) atoms. The molecule has 0 bridgehead atoms. The Morgan fingerprint density at radius 2 is 1.49 bits per heavy atom. The van der Waals surface area contributed by atoms with Crippen molar-refractivity contribution in [2.75, 3.05) is 0 Å². The molecule has 0 saturated heterocycles. The van der Waals surface area contributed by atoms with Crippen molar-refractivity contribution in [2.24, 2.45) is 5.92 Å². The molecule has 0 amide bonds. The van der Waals surface area contributed by atoms with Gasteiger partial charge < -0.3 is 9.97 Å². The summed E-state index contributed by atoms with van der Waals surface area (Å²) in [6.07, 6.45) is 10.9. The molecule has 6 rings (SSSR count). The van der Waals surface area contributed by atoms with Crippen molar-refractivity contribution in [1.82, 2.24) is 9.97 Å². The molecule has 223 valence electrons. The van der Waals surface area contributed by atoms with Crippen molar-refractivity contribution in [3.8, 4) is 33.6 Å². The zero-order valence-corrected chi connectivity index (χ0v) is 29.5. The van der Waals surface area contributed by atoms with E-state index in [2.05, 4.69) is 117 Å². The van der Waals surface area contributed by atoms with E-state index < -0.39 is 8.07 Å². The van der Waals surface area contributed by atoms with E-state index in [9.17, 15) is 0 Å². The van der Waals surface area contributed by atoms with Crippen molar-refractivity contribution in [3.05, 3.63) is 126 Å². The molecule has 0 aliphatic heterocycles. The van der Waals surface area contributed by atoms with Crippen LogP contribution in [0.15, 0.2) is 97.3 Å². The third-order valence-corrected chi connectivity index (χ3v) is 10.1. The average molecular weight is 759 g/mol. The van der Waals surface area contributed by atoms with Gasteiger partial charge in [-0.1, -0.05) is 107 Å². The summed E-state index contributed by atoms with van der Waals surface area (Å²) in [5, 5.41) is 1.54. The molecule has 2 nitrogen and oxygen atoms in total. The largest absolute Gasteiger partial charge is 0.305 e. The Balaban J connectivity index is 0.000000193. The Morgan fingerprint density at radius 3 is 2.16 bits per heavy atom. The van der Waals surface area contributed by atoms with E-state index in [0.717, 1.165) is 34.0 Å². The van der Waals surface area contributed by atoms with Gasteiger partial charge >= 0.3 is 0 Å². The number of aromatic nitrogens is 2. The van der Waals surface area contributed by atoms with E-state index in [4.69, 9.17) is 4.98 Å². The SMILES string of the molecule is C[Si](C)(C)c1cnc(-c2[c-]cccc2)cc1CC1CCCC1.Cc1[c-]c(-c2cc(-c3ccccc3)ccn2)cc(C)c1.[Ir]. The molecule has 4 heteroatoms. The minimum atomic E-state index is -1.35. The molecule has 5 aromatic rings. The maximum atomic E-state index is 4.75. The molecule has 1 aliphatic carbocycles. The maximum Gasteiger partial charge on any atom is 0.0798 e. The monoisotopic (exact) mass is 759 g/mol. The van der Waals surface area contributed by atoms with Crippen molar-refractivity contribution in [2.45, 2.75) is 65.6 Å². The Labute approximate surface area is 273 Å². The van der Waals surface area contributed by atoms with Gasteiger partial charge in [0.25, 0.3) is 0 Å². The van der Waals surface area contributed by atoms with E-state index in [0.29, 0.717) is 0 Å². The summed E-state index contributed by atoms with van der Waals surface area (Å²) in [4.78, 5) is 9.24. The van der Waals surface area contributed by atoms with Gasteiger partial charge in [-0.05, 0) is 46.1 Å². The Morgan fingerprint density at radius 1 is 0.767 bits per heavy atom. The smallest absolute Gasteiger partial charge is 0.0798 e. The van der Waals surface area contributed by atoms with Crippen LogP contribution in [0.4, 0.5) is 0 Å². The van der Waals surface area contributed by atoms with Crippen molar-refractivity contribution in [3.63, 3.8) is 0 Å². The van der Waals surface area contributed by atoms with Crippen molar-refractivity contribution < 1.29 is 20.1 Å². The minimum absolute atomic E-state index is 0. The molecular weight excluding hydrogens is 717 g/mol. The van der Waals surface area contributed by atoms with Crippen LogP contribution in [0.5, 0.6) is 0 Å². The molecule has 2 aromatic heterocycles. The third-order valence-electron chi connectivity index (χ3n) is 8.06. The van der Waals surface area contributed by atoms with Gasteiger partial charge in [0.05, 0.1) is 8.07 Å². The van der Waals surface area contributed by atoms with Crippen LogP contribution < -0.4 is 5.19 Å². The summed E-state index contributed by atoms with van der Waals surface area (Å²) in [7, 11) is -1.35. The summed E-state index contributed by atoms with van der Waals surface area (Å²) >= 11 is 0. The Bertz CT molecular complexity index is 1580. The molecule has 1 aliphatic rings. The second-order valence-corrected chi connectivity index (χ2v) is 17.7. The third kappa shape index (κ3) is 8.92. The normalized spacial score (nSPS) is 13.1. The number of rotatable bonds is 6. The summed E-state index contributed by atoms with van der Waals surface area (Å²) in [6, 6.07) is 36.0. The second kappa shape index (κ2) is 15.0. The van der Waals surface area contributed by atoms with Gasteiger partial charge in [0.15, 0.2) is 0 Å². The van der Waals surface area contributed by atoms with Gasteiger partial charge in [-0.25, -0.2) is 0 Å². The van der Waals surface area contributed by atoms with Crippen LogP contribution in [0.2, 0.25) is 19.6 Å². The first-order valence-electron chi connectivity index (χ1n) is 15.3. The molecular formula is C39H42IrN2Si-2. The van der Waals surface area contributed by atoms with E-state index in [-0.39, 0.29) is 20.1 Å². The number of hydrogen-bond donors (Lipinski definition) is 0. The molecule has 1 fully saturated rings. The topological polar surface area (TPSA) is 25.8 Å². The molecule has 0 spiro atoms. The Hall–Kier alpha value is -3.17. The molecule has 0 N–H and O–H groups in total.